The molecule has 0 amide bonds. The maximum Gasteiger partial charge on any atom is 0.573 e. The van der Waals surface area contributed by atoms with E-state index in [4.69, 9.17) is 9.84 Å². The summed E-state index contributed by atoms with van der Waals surface area (Å²) in [5.41, 5.74) is 2.96. The topological polar surface area (TPSA) is 55.8 Å². The fourth-order valence-corrected chi connectivity index (χ4v) is 3.11. The monoisotopic (exact) mass is 456 g/mol. The maximum absolute atomic E-state index is 12.4. The lowest BCUT2D eigenvalue weighted by Crippen LogP contribution is -2.16. The van der Waals surface area contributed by atoms with Gasteiger partial charge in [-0.1, -0.05) is 51.1 Å². The van der Waals surface area contributed by atoms with Gasteiger partial charge in [0.2, 0.25) is 0 Å². The first kappa shape index (κ1) is 23.9. The largest absolute Gasteiger partial charge is 0.573 e. The average Bonchev–Trinajstić information content (AvgIpc) is 2.72. The number of ether oxygens (including phenoxy) is 2. The molecule has 33 heavy (non-hydrogen) atoms. The highest BCUT2D eigenvalue weighted by Gasteiger charge is 2.31. The van der Waals surface area contributed by atoms with E-state index in [1.165, 1.54) is 30.3 Å². The molecule has 0 unspecified atom stereocenters. The van der Waals surface area contributed by atoms with Gasteiger partial charge in [0.05, 0.1) is 0 Å². The summed E-state index contributed by atoms with van der Waals surface area (Å²) >= 11 is 0. The number of halogens is 3. The van der Waals surface area contributed by atoms with Gasteiger partial charge in [0, 0.05) is 11.6 Å². The number of rotatable bonds is 6. The molecule has 0 saturated carbocycles. The van der Waals surface area contributed by atoms with E-state index >= 15 is 0 Å². The molecule has 0 aromatic heterocycles. The molecule has 3 rings (SSSR count). The van der Waals surface area contributed by atoms with E-state index in [-0.39, 0.29) is 11.2 Å². The van der Waals surface area contributed by atoms with Gasteiger partial charge >= 0.3 is 12.3 Å². The Hall–Kier alpha value is -3.74. The first-order valence-corrected chi connectivity index (χ1v) is 10.1. The van der Waals surface area contributed by atoms with Crippen LogP contribution in [-0.2, 0) is 10.2 Å². The van der Waals surface area contributed by atoms with E-state index in [2.05, 4.69) is 25.5 Å². The summed E-state index contributed by atoms with van der Waals surface area (Å²) in [5, 5.41) is 9.04. The Morgan fingerprint density at radius 3 is 1.97 bits per heavy atom. The standard InChI is InChI=1S/C26H23F3O4/c1-25(2,3)20-8-12-21(13-9-20)32-23-14-6-18(16-19(23)7-15-24(30)31)17-4-10-22(11-5-17)33-26(27,28)29/h4-16H,1-3H3,(H,30,31). The number of carboxylic acids is 1. The van der Waals surface area contributed by atoms with Crippen molar-refractivity contribution in [2.75, 3.05) is 0 Å². The number of carboxylic acid groups (broad SMARTS) is 1. The normalized spacial score (nSPS) is 12.1. The van der Waals surface area contributed by atoms with Crippen molar-refractivity contribution in [1.29, 1.82) is 0 Å². The molecular weight excluding hydrogens is 433 g/mol. The van der Waals surface area contributed by atoms with Crippen LogP contribution in [0.25, 0.3) is 17.2 Å². The third-order valence-electron chi connectivity index (χ3n) is 4.78. The van der Waals surface area contributed by atoms with E-state index in [1.807, 2.05) is 24.3 Å². The molecule has 7 heteroatoms. The van der Waals surface area contributed by atoms with E-state index < -0.39 is 12.3 Å². The summed E-state index contributed by atoms with van der Waals surface area (Å²) in [5.74, 6) is -0.406. The Balaban J connectivity index is 1.90. The van der Waals surface area contributed by atoms with Crippen molar-refractivity contribution < 1.29 is 32.5 Å². The van der Waals surface area contributed by atoms with Gasteiger partial charge in [-0.2, -0.15) is 0 Å². The molecule has 1 N–H and O–H groups in total. The number of hydrogen-bond acceptors (Lipinski definition) is 3. The number of carbonyl (C=O) groups is 1. The first-order chi connectivity index (χ1) is 15.4. The molecule has 3 aromatic carbocycles. The molecule has 0 aliphatic carbocycles. The summed E-state index contributed by atoms with van der Waals surface area (Å²) in [6, 6.07) is 18.2. The molecule has 0 aliphatic heterocycles. The van der Waals surface area contributed by atoms with E-state index in [1.54, 1.807) is 18.2 Å². The average molecular weight is 456 g/mol. The molecule has 0 saturated heterocycles. The smallest absolute Gasteiger partial charge is 0.478 e. The fraction of sp³-hybridized carbons (Fsp3) is 0.192. The highest BCUT2D eigenvalue weighted by molar-refractivity contribution is 5.86. The highest BCUT2D eigenvalue weighted by atomic mass is 19.4. The molecule has 3 aromatic rings. The van der Waals surface area contributed by atoms with Crippen molar-refractivity contribution in [3.63, 3.8) is 0 Å². The Kier molecular flexibility index (Phi) is 6.81. The molecule has 0 atom stereocenters. The summed E-state index contributed by atoms with van der Waals surface area (Å²) in [7, 11) is 0. The molecular formula is C26H23F3O4. The van der Waals surface area contributed by atoms with Crippen LogP contribution >= 0.6 is 0 Å². The first-order valence-electron chi connectivity index (χ1n) is 10.1. The number of aliphatic carboxylic acids is 1. The minimum Gasteiger partial charge on any atom is -0.478 e. The van der Waals surface area contributed by atoms with Gasteiger partial charge in [-0.3, -0.25) is 0 Å². The lowest BCUT2D eigenvalue weighted by molar-refractivity contribution is -0.274. The van der Waals surface area contributed by atoms with Gasteiger partial charge in [0.25, 0.3) is 0 Å². The summed E-state index contributed by atoms with van der Waals surface area (Å²) in [4.78, 5) is 11.0. The third kappa shape index (κ3) is 6.87. The van der Waals surface area contributed by atoms with Crippen molar-refractivity contribution >= 4 is 12.0 Å². The lowest BCUT2D eigenvalue weighted by atomic mass is 9.87. The lowest BCUT2D eigenvalue weighted by Gasteiger charge is -2.19. The van der Waals surface area contributed by atoms with Crippen molar-refractivity contribution in [1.82, 2.24) is 0 Å². The minimum absolute atomic E-state index is 0.00372. The van der Waals surface area contributed by atoms with Gasteiger partial charge in [0.1, 0.15) is 17.2 Å². The molecule has 0 radical (unpaired) electrons. The predicted octanol–water partition coefficient (Wildman–Crippen LogP) is 7.44. The van der Waals surface area contributed by atoms with Crippen LogP contribution < -0.4 is 9.47 Å². The highest BCUT2D eigenvalue weighted by Crippen LogP contribution is 2.33. The van der Waals surface area contributed by atoms with E-state index in [9.17, 15) is 18.0 Å². The second-order valence-electron chi connectivity index (χ2n) is 8.37. The summed E-state index contributed by atoms with van der Waals surface area (Å²) in [6.07, 6.45) is -2.36. The van der Waals surface area contributed by atoms with Crippen molar-refractivity contribution in [3.8, 4) is 28.4 Å². The molecule has 0 spiro atoms. The van der Waals surface area contributed by atoms with Gasteiger partial charge in [0.15, 0.2) is 0 Å². The van der Waals surface area contributed by atoms with Crippen LogP contribution in [0.1, 0.15) is 31.9 Å². The van der Waals surface area contributed by atoms with Crippen molar-refractivity contribution in [3.05, 3.63) is 83.9 Å². The van der Waals surface area contributed by atoms with Crippen LogP contribution in [0.15, 0.2) is 72.8 Å². The van der Waals surface area contributed by atoms with E-state index in [0.717, 1.165) is 11.6 Å². The second kappa shape index (κ2) is 9.40. The fourth-order valence-electron chi connectivity index (χ4n) is 3.11. The zero-order valence-corrected chi connectivity index (χ0v) is 18.3. The SMILES string of the molecule is CC(C)(C)c1ccc(Oc2ccc(-c3ccc(OC(F)(F)F)cc3)cc2C=CC(=O)O)cc1. The molecule has 4 nitrogen and oxygen atoms in total. The van der Waals surface area contributed by atoms with Crippen LogP contribution in [-0.4, -0.2) is 17.4 Å². The van der Waals surface area contributed by atoms with Gasteiger partial charge in [-0.25, -0.2) is 4.79 Å². The quantitative estimate of drug-likeness (QED) is 0.392. The number of benzene rings is 3. The third-order valence-corrected chi connectivity index (χ3v) is 4.78. The van der Waals surface area contributed by atoms with Crippen molar-refractivity contribution in [2.45, 2.75) is 32.5 Å². The van der Waals surface area contributed by atoms with Crippen LogP contribution in [0.2, 0.25) is 0 Å². The molecule has 0 bridgehead atoms. The Morgan fingerprint density at radius 1 is 0.848 bits per heavy atom. The van der Waals surface area contributed by atoms with Gasteiger partial charge in [-0.05, 0) is 64.6 Å². The number of hydrogen-bond donors (Lipinski definition) is 1. The van der Waals surface area contributed by atoms with Crippen molar-refractivity contribution in [2.24, 2.45) is 0 Å². The Morgan fingerprint density at radius 2 is 1.42 bits per heavy atom. The van der Waals surface area contributed by atoms with Gasteiger partial charge in [-0.15, -0.1) is 13.2 Å². The van der Waals surface area contributed by atoms with Crippen LogP contribution in [0, 0.1) is 0 Å². The van der Waals surface area contributed by atoms with E-state index in [0.29, 0.717) is 28.2 Å². The van der Waals surface area contributed by atoms with Crippen LogP contribution in [0.5, 0.6) is 17.2 Å². The molecule has 0 aliphatic rings. The van der Waals surface area contributed by atoms with Crippen LogP contribution in [0.3, 0.4) is 0 Å². The zero-order chi connectivity index (χ0) is 24.2. The summed E-state index contributed by atoms with van der Waals surface area (Å²) < 4.78 is 47.0. The maximum atomic E-state index is 12.4. The molecule has 0 fully saturated rings. The Bertz CT molecular complexity index is 1140. The van der Waals surface area contributed by atoms with Crippen LogP contribution in [0.4, 0.5) is 13.2 Å². The predicted molar refractivity (Wildman–Crippen MR) is 120 cm³/mol. The molecule has 0 heterocycles. The van der Waals surface area contributed by atoms with Gasteiger partial charge < -0.3 is 14.6 Å². The number of alkyl halides is 3. The molecule has 172 valence electrons. The minimum atomic E-state index is -4.76. The summed E-state index contributed by atoms with van der Waals surface area (Å²) in [6.45, 7) is 6.33. The zero-order valence-electron chi connectivity index (χ0n) is 18.3. The Labute approximate surface area is 189 Å². The second-order valence-corrected chi connectivity index (χ2v) is 8.37.